The molecule has 0 aliphatic rings. The lowest BCUT2D eigenvalue weighted by molar-refractivity contribution is -0.163. The molecule has 0 aliphatic carbocycles. The molecule has 0 saturated carbocycles. The molecule has 0 bridgehead atoms. The second-order valence-electron chi connectivity index (χ2n) is 17.4. The van der Waals surface area contributed by atoms with Crippen LogP contribution in [0.3, 0.4) is 0 Å². The number of carbonyl (C=O) groups excluding carboxylic acids is 2. The van der Waals surface area contributed by atoms with Gasteiger partial charge >= 0.3 is 11.9 Å². The number of esters is 2. The smallest absolute Gasteiger partial charge is 0.306 e. The maximum absolute atomic E-state index is 12.8. The lowest BCUT2D eigenvalue weighted by Crippen LogP contribution is -2.30. The van der Waals surface area contributed by atoms with E-state index in [1.807, 2.05) is 0 Å². The number of allylic oxidation sites excluding steroid dienone is 12. The highest BCUT2D eigenvalue weighted by molar-refractivity contribution is 5.70. The number of carbonyl (C=O) groups is 2. The van der Waals surface area contributed by atoms with E-state index in [9.17, 15) is 9.59 Å². The summed E-state index contributed by atoms with van der Waals surface area (Å²) in [5, 5.41) is 0. The number of ether oxygens (including phenoxy) is 3. The molecule has 1 atom stereocenters. The molecule has 0 fully saturated rings. The molecule has 62 heavy (non-hydrogen) atoms. The Morgan fingerprint density at radius 1 is 0.371 bits per heavy atom. The van der Waals surface area contributed by atoms with E-state index in [4.69, 9.17) is 14.2 Å². The highest BCUT2D eigenvalue weighted by Gasteiger charge is 2.17. The number of hydrogen-bond donors (Lipinski definition) is 0. The molecular weight excluding hydrogens is 765 g/mol. The summed E-state index contributed by atoms with van der Waals surface area (Å²) < 4.78 is 17.4. The van der Waals surface area contributed by atoms with E-state index in [1.54, 1.807) is 0 Å². The average Bonchev–Trinajstić information content (AvgIpc) is 3.27. The first kappa shape index (κ1) is 59.3. The molecule has 0 spiro atoms. The molecule has 358 valence electrons. The molecule has 0 aromatic rings. The second-order valence-corrected chi connectivity index (χ2v) is 17.4. The van der Waals surface area contributed by atoms with E-state index in [-0.39, 0.29) is 25.2 Å². The molecule has 0 rings (SSSR count). The Hall–Kier alpha value is -2.66. The predicted molar refractivity (Wildman–Crippen MR) is 270 cm³/mol. The van der Waals surface area contributed by atoms with E-state index in [1.165, 1.54) is 141 Å². The van der Waals surface area contributed by atoms with Crippen molar-refractivity contribution in [2.75, 3.05) is 19.8 Å². The first-order chi connectivity index (χ1) is 30.6. The Morgan fingerprint density at radius 2 is 0.726 bits per heavy atom. The van der Waals surface area contributed by atoms with Crippen molar-refractivity contribution in [3.05, 3.63) is 72.9 Å². The van der Waals surface area contributed by atoms with Crippen LogP contribution >= 0.6 is 0 Å². The summed E-state index contributed by atoms with van der Waals surface area (Å²) in [7, 11) is 0. The van der Waals surface area contributed by atoms with E-state index < -0.39 is 6.10 Å². The molecule has 0 aromatic heterocycles. The van der Waals surface area contributed by atoms with Crippen LogP contribution in [0.4, 0.5) is 0 Å². The van der Waals surface area contributed by atoms with Crippen molar-refractivity contribution in [2.24, 2.45) is 0 Å². The van der Waals surface area contributed by atoms with Crippen molar-refractivity contribution in [1.82, 2.24) is 0 Å². The quantitative estimate of drug-likeness (QED) is 0.0346. The van der Waals surface area contributed by atoms with Crippen molar-refractivity contribution in [1.29, 1.82) is 0 Å². The van der Waals surface area contributed by atoms with Crippen molar-refractivity contribution >= 4 is 11.9 Å². The van der Waals surface area contributed by atoms with E-state index in [2.05, 4.69) is 93.7 Å². The van der Waals surface area contributed by atoms with Crippen molar-refractivity contribution < 1.29 is 23.8 Å². The zero-order valence-corrected chi connectivity index (χ0v) is 41.1. The maximum Gasteiger partial charge on any atom is 0.306 e. The Bertz CT molecular complexity index is 1110. The van der Waals surface area contributed by atoms with Gasteiger partial charge in [-0.15, -0.1) is 0 Å². The highest BCUT2D eigenvalue weighted by atomic mass is 16.6. The van der Waals surface area contributed by atoms with Crippen molar-refractivity contribution in [3.63, 3.8) is 0 Å². The van der Waals surface area contributed by atoms with Crippen LogP contribution in [0.15, 0.2) is 72.9 Å². The van der Waals surface area contributed by atoms with Crippen LogP contribution in [0.5, 0.6) is 0 Å². The summed E-state index contributed by atoms with van der Waals surface area (Å²) in [6.45, 7) is 7.65. The largest absolute Gasteiger partial charge is 0.462 e. The lowest BCUT2D eigenvalue weighted by atomic mass is 10.0. The van der Waals surface area contributed by atoms with Crippen LogP contribution in [0.2, 0.25) is 0 Å². The van der Waals surface area contributed by atoms with Gasteiger partial charge in [0.15, 0.2) is 6.10 Å². The van der Waals surface area contributed by atoms with Crippen LogP contribution in [0.25, 0.3) is 0 Å². The predicted octanol–water partition coefficient (Wildman–Crippen LogP) is 17.9. The molecule has 0 saturated heterocycles. The first-order valence-corrected chi connectivity index (χ1v) is 26.5. The second kappa shape index (κ2) is 52.7. The molecule has 0 aromatic carbocycles. The van der Waals surface area contributed by atoms with Gasteiger partial charge in [0, 0.05) is 19.4 Å². The monoisotopic (exact) mass is 865 g/mol. The normalized spacial score (nSPS) is 12.8. The summed E-state index contributed by atoms with van der Waals surface area (Å²) in [6, 6.07) is 0. The van der Waals surface area contributed by atoms with Crippen LogP contribution in [0, 0.1) is 0 Å². The van der Waals surface area contributed by atoms with Gasteiger partial charge in [0.25, 0.3) is 0 Å². The molecule has 0 N–H and O–H groups in total. The molecule has 1 unspecified atom stereocenters. The third kappa shape index (κ3) is 50.0. The Kier molecular flexibility index (Phi) is 50.4. The van der Waals surface area contributed by atoms with Crippen LogP contribution < -0.4 is 0 Å². The van der Waals surface area contributed by atoms with Gasteiger partial charge in [0.2, 0.25) is 0 Å². The standard InChI is InChI=1S/C57H100O5/c1-4-7-10-13-16-19-22-25-27-28-29-31-34-37-40-43-46-49-52-60-53-55(62-57(59)51-48-45-42-39-36-32-24-21-18-15-12-9-6-3)54-61-56(58)50-47-44-41-38-35-33-30-26-23-20-17-14-11-8-5-2/h8,11,16-17,19-20,25-27,30,35,38,55H,4-7,9-10,12-15,18,21-24,28-29,31-34,36-37,39-54H2,1-3H3/b11-8-,19-16-,20-17-,27-25-,30-26-,38-35-. The zero-order valence-electron chi connectivity index (χ0n) is 41.1. The van der Waals surface area contributed by atoms with Crippen molar-refractivity contribution in [2.45, 2.75) is 258 Å². The maximum atomic E-state index is 12.8. The van der Waals surface area contributed by atoms with E-state index in [0.29, 0.717) is 19.4 Å². The summed E-state index contributed by atoms with van der Waals surface area (Å²) in [5.74, 6) is -0.443. The number of hydrogen-bond acceptors (Lipinski definition) is 5. The molecule has 0 radical (unpaired) electrons. The average molecular weight is 865 g/mol. The first-order valence-electron chi connectivity index (χ1n) is 26.5. The topological polar surface area (TPSA) is 61.8 Å². The van der Waals surface area contributed by atoms with E-state index >= 15 is 0 Å². The van der Waals surface area contributed by atoms with Gasteiger partial charge < -0.3 is 14.2 Å². The van der Waals surface area contributed by atoms with Gasteiger partial charge in [-0.25, -0.2) is 0 Å². The van der Waals surface area contributed by atoms with Gasteiger partial charge in [-0.2, -0.15) is 0 Å². The minimum atomic E-state index is -0.556. The molecule has 0 amide bonds. The Balaban J connectivity index is 4.32. The number of unbranched alkanes of at least 4 members (excludes halogenated alkanes) is 25. The summed E-state index contributed by atoms with van der Waals surface area (Å²) >= 11 is 0. The van der Waals surface area contributed by atoms with Gasteiger partial charge in [0.1, 0.15) is 6.61 Å². The molecule has 0 heterocycles. The fraction of sp³-hybridized carbons (Fsp3) is 0.754. The fourth-order valence-corrected chi connectivity index (χ4v) is 7.30. The van der Waals surface area contributed by atoms with Gasteiger partial charge in [-0.1, -0.05) is 222 Å². The van der Waals surface area contributed by atoms with Crippen LogP contribution in [0.1, 0.15) is 252 Å². The Labute approximate surface area is 385 Å². The van der Waals surface area contributed by atoms with Gasteiger partial charge in [-0.05, 0) is 89.9 Å². The molecule has 5 heteroatoms. The summed E-state index contributed by atoms with van der Waals surface area (Å²) in [5.41, 5.74) is 0. The molecule has 5 nitrogen and oxygen atoms in total. The van der Waals surface area contributed by atoms with E-state index in [0.717, 1.165) is 77.0 Å². The van der Waals surface area contributed by atoms with Gasteiger partial charge in [0.05, 0.1) is 6.61 Å². The van der Waals surface area contributed by atoms with Crippen molar-refractivity contribution in [3.8, 4) is 0 Å². The third-order valence-corrected chi connectivity index (χ3v) is 11.2. The zero-order chi connectivity index (χ0) is 44.9. The van der Waals surface area contributed by atoms with Gasteiger partial charge in [-0.3, -0.25) is 9.59 Å². The SMILES string of the molecule is CC/C=C\C/C=C\C/C=C\C/C=C\CCCCC(=O)OCC(COCCCCCCCCCC/C=C\C/C=C\CCCCC)OC(=O)CCCCCCCCCCCCCCC. The minimum absolute atomic E-state index is 0.0615. The Morgan fingerprint density at radius 3 is 1.23 bits per heavy atom. The van der Waals surface area contributed by atoms with Crippen LogP contribution in [-0.2, 0) is 23.8 Å². The fourth-order valence-electron chi connectivity index (χ4n) is 7.30. The number of rotatable bonds is 48. The van der Waals surface area contributed by atoms with Crippen LogP contribution in [-0.4, -0.2) is 37.9 Å². The lowest BCUT2D eigenvalue weighted by Gasteiger charge is -2.18. The molecular formula is C57H100O5. The third-order valence-electron chi connectivity index (χ3n) is 11.2. The molecule has 0 aliphatic heterocycles. The summed E-state index contributed by atoms with van der Waals surface area (Å²) in [4.78, 5) is 25.4. The highest BCUT2D eigenvalue weighted by Crippen LogP contribution is 2.15. The summed E-state index contributed by atoms with van der Waals surface area (Å²) in [6.07, 6.45) is 67.7. The minimum Gasteiger partial charge on any atom is -0.462 e.